The Morgan fingerprint density at radius 2 is 2.06 bits per heavy atom. The van der Waals surface area contributed by atoms with Crippen LogP contribution in [0.2, 0.25) is 0 Å². The number of rotatable bonds is 4. The number of benzene rings is 1. The summed E-state index contributed by atoms with van der Waals surface area (Å²) in [6.45, 7) is 6.62. The first kappa shape index (κ1) is 14.6. The van der Waals surface area contributed by atoms with Crippen LogP contribution >= 0.6 is 0 Å². The van der Waals surface area contributed by atoms with Crippen LogP contribution < -0.4 is 10.5 Å². The number of aldehydes is 1. The molecule has 0 aliphatic heterocycles. The third kappa shape index (κ3) is 3.66. The molecule has 0 amide bonds. The van der Waals surface area contributed by atoms with Crippen molar-refractivity contribution in [3.05, 3.63) is 29.3 Å². The number of nitrogens with two attached hydrogens (primary N) is 1. The zero-order valence-electron chi connectivity index (χ0n) is 10.5. The molecule has 0 bridgehead atoms. The van der Waals surface area contributed by atoms with E-state index in [1.165, 1.54) is 0 Å². The lowest BCUT2D eigenvalue weighted by Gasteiger charge is -2.11. The first-order valence-corrected chi connectivity index (χ1v) is 5.56. The van der Waals surface area contributed by atoms with Gasteiger partial charge in [0.2, 0.25) is 0 Å². The summed E-state index contributed by atoms with van der Waals surface area (Å²) in [5.41, 5.74) is 7.22. The van der Waals surface area contributed by atoms with Crippen LogP contribution in [0.15, 0.2) is 18.2 Å². The van der Waals surface area contributed by atoms with Crippen molar-refractivity contribution in [3.63, 3.8) is 0 Å². The zero-order chi connectivity index (χ0) is 12.6. The van der Waals surface area contributed by atoms with Crippen molar-refractivity contribution in [1.82, 2.24) is 0 Å². The zero-order valence-corrected chi connectivity index (χ0v) is 10.5. The quantitative estimate of drug-likeness (QED) is 0.798. The minimum atomic E-state index is 0.282. The summed E-state index contributed by atoms with van der Waals surface area (Å²) in [6, 6.07) is 5.53. The van der Waals surface area contributed by atoms with Gasteiger partial charge < -0.3 is 10.5 Å². The van der Waals surface area contributed by atoms with Crippen molar-refractivity contribution in [2.75, 3.05) is 13.7 Å². The average Bonchev–Trinajstić information content (AvgIpc) is 2.39. The van der Waals surface area contributed by atoms with Crippen molar-refractivity contribution in [1.29, 1.82) is 0 Å². The molecular formula is C13H21NO2. The van der Waals surface area contributed by atoms with Crippen LogP contribution in [0.3, 0.4) is 0 Å². The second kappa shape index (κ2) is 7.88. The number of hydrogen-bond donors (Lipinski definition) is 1. The molecule has 0 aromatic heterocycles. The fraction of sp³-hybridized carbons (Fsp3) is 0.462. The van der Waals surface area contributed by atoms with Crippen molar-refractivity contribution in [2.45, 2.75) is 26.7 Å². The van der Waals surface area contributed by atoms with Crippen LogP contribution in [-0.4, -0.2) is 19.9 Å². The van der Waals surface area contributed by atoms with Gasteiger partial charge in [0.25, 0.3) is 0 Å². The highest BCUT2D eigenvalue weighted by atomic mass is 16.5. The Morgan fingerprint density at radius 1 is 1.44 bits per heavy atom. The van der Waals surface area contributed by atoms with E-state index >= 15 is 0 Å². The predicted molar refractivity (Wildman–Crippen MR) is 67.2 cm³/mol. The number of carbonyl (C=O) groups is 1. The standard InChI is InChI=1S/C11H15NO2.C2H6/c1-8(6-12)9-3-4-10(7-13)11(5-9)14-2;1-2/h3-5,7-8H,6,12H2,1-2H3;1-2H3. The maximum Gasteiger partial charge on any atom is 0.153 e. The Bertz CT molecular complexity index is 324. The summed E-state index contributed by atoms with van der Waals surface area (Å²) in [5.74, 6) is 0.891. The van der Waals surface area contributed by atoms with Gasteiger partial charge in [-0.3, -0.25) is 4.79 Å². The average molecular weight is 223 g/mol. The molecule has 3 nitrogen and oxygen atoms in total. The van der Waals surface area contributed by atoms with Gasteiger partial charge in [0.15, 0.2) is 6.29 Å². The van der Waals surface area contributed by atoms with E-state index in [4.69, 9.17) is 10.5 Å². The monoisotopic (exact) mass is 223 g/mol. The van der Waals surface area contributed by atoms with Crippen molar-refractivity contribution < 1.29 is 9.53 Å². The predicted octanol–water partition coefficient (Wildman–Crippen LogP) is 2.60. The SMILES string of the molecule is CC.COc1cc(C(C)CN)ccc1C=O. The van der Waals surface area contributed by atoms with Crippen LogP contribution in [-0.2, 0) is 0 Å². The van der Waals surface area contributed by atoms with Gasteiger partial charge in [0, 0.05) is 0 Å². The molecular weight excluding hydrogens is 202 g/mol. The van der Waals surface area contributed by atoms with Gasteiger partial charge >= 0.3 is 0 Å². The van der Waals surface area contributed by atoms with Crippen molar-refractivity contribution in [2.24, 2.45) is 5.73 Å². The van der Waals surface area contributed by atoms with Gasteiger partial charge in [0.1, 0.15) is 5.75 Å². The first-order valence-electron chi connectivity index (χ1n) is 5.56. The fourth-order valence-corrected chi connectivity index (χ4v) is 1.27. The van der Waals surface area contributed by atoms with Crippen LogP contribution in [0.1, 0.15) is 42.6 Å². The summed E-state index contributed by atoms with van der Waals surface area (Å²) >= 11 is 0. The van der Waals surface area contributed by atoms with E-state index in [2.05, 4.69) is 0 Å². The van der Waals surface area contributed by atoms with Gasteiger partial charge in [-0.25, -0.2) is 0 Å². The van der Waals surface area contributed by atoms with Gasteiger partial charge in [-0.05, 0) is 30.2 Å². The molecule has 16 heavy (non-hydrogen) atoms. The second-order valence-electron chi connectivity index (χ2n) is 3.26. The highest BCUT2D eigenvalue weighted by Gasteiger charge is 2.07. The first-order chi connectivity index (χ1) is 7.72. The molecule has 0 aliphatic rings. The third-order valence-electron chi connectivity index (χ3n) is 2.31. The lowest BCUT2D eigenvalue weighted by atomic mass is 9.99. The Morgan fingerprint density at radius 3 is 2.50 bits per heavy atom. The van der Waals surface area contributed by atoms with Crippen LogP contribution in [0.4, 0.5) is 0 Å². The van der Waals surface area contributed by atoms with Gasteiger partial charge in [-0.2, -0.15) is 0 Å². The minimum absolute atomic E-state index is 0.282. The molecule has 3 heteroatoms. The maximum atomic E-state index is 10.6. The lowest BCUT2D eigenvalue weighted by Crippen LogP contribution is -2.09. The number of carbonyl (C=O) groups excluding carboxylic acids is 1. The number of hydrogen-bond acceptors (Lipinski definition) is 3. The summed E-state index contributed by atoms with van der Waals surface area (Å²) in [4.78, 5) is 10.6. The molecule has 0 saturated heterocycles. The molecule has 0 radical (unpaired) electrons. The molecule has 2 N–H and O–H groups in total. The van der Waals surface area contributed by atoms with E-state index in [1.54, 1.807) is 13.2 Å². The largest absolute Gasteiger partial charge is 0.496 e. The van der Waals surface area contributed by atoms with Gasteiger partial charge in [-0.1, -0.05) is 26.8 Å². The molecule has 1 aromatic rings. The molecule has 0 saturated carbocycles. The molecule has 0 spiro atoms. The molecule has 0 heterocycles. The highest BCUT2D eigenvalue weighted by molar-refractivity contribution is 5.79. The van der Waals surface area contributed by atoms with E-state index in [1.807, 2.05) is 32.9 Å². The van der Waals surface area contributed by atoms with Crippen LogP contribution in [0.5, 0.6) is 5.75 Å². The molecule has 1 unspecified atom stereocenters. The number of ether oxygens (including phenoxy) is 1. The van der Waals surface area contributed by atoms with E-state index < -0.39 is 0 Å². The smallest absolute Gasteiger partial charge is 0.153 e. The molecule has 1 aromatic carbocycles. The Balaban J connectivity index is 0.00000106. The molecule has 90 valence electrons. The summed E-state index contributed by atoms with van der Waals surface area (Å²) in [6.07, 6.45) is 0.787. The molecule has 1 rings (SSSR count). The third-order valence-corrected chi connectivity index (χ3v) is 2.31. The normalized spacial score (nSPS) is 11.1. The van der Waals surface area contributed by atoms with E-state index in [0.29, 0.717) is 17.9 Å². The highest BCUT2D eigenvalue weighted by Crippen LogP contribution is 2.23. The van der Waals surface area contributed by atoms with Crippen LogP contribution in [0.25, 0.3) is 0 Å². The summed E-state index contributed by atoms with van der Waals surface area (Å²) in [5, 5.41) is 0. The van der Waals surface area contributed by atoms with E-state index in [-0.39, 0.29) is 5.92 Å². The van der Waals surface area contributed by atoms with E-state index in [9.17, 15) is 4.79 Å². The minimum Gasteiger partial charge on any atom is -0.496 e. The number of methoxy groups -OCH3 is 1. The summed E-state index contributed by atoms with van der Waals surface area (Å²) < 4.78 is 5.10. The van der Waals surface area contributed by atoms with Gasteiger partial charge in [0.05, 0.1) is 12.7 Å². The maximum absolute atomic E-state index is 10.6. The Kier molecular flexibility index (Phi) is 7.21. The molecule has 0 aliphatic carbocycles. The molecule has 1 atom stereocenters. The lowest BCUT2D eigenvalue weighted by molar-refractivity contribution is 0.112. The topological polar surface area (TPSA) is 52.3 Å². The van der Waals surface area contributed by atoms with Crippen molar-refractivity contribution in [3.8, 4) is 5.75 Å². The second-order valence-corrected chi connectivity index (χ2v) is 3.26. The fourth-order valence-electron chi connectivity index (χ4n) is 1.27. The van der Waals surface area contributed by atoms with Gasteiger partial charge in [-0.15, -0.1) is 0 Å². The Hall–Kier alpha value is -1.35. The van der Waals surface area contributed by atoms with E-state index in [0.717, 1.165) is 11.8 Å². The van der Waals surface area contributed by atoms with Crippen molar-refractivity contribution >= 4 is 6.29 Å². The van der Waals surface area contributed by atoms with Crippen LogP contribution in [0, 0.1) is 0 Å². The summed E-state index contributed by atoms with van der Waals surface area (Å²) in [7, 11) is 1.55. The molecule has 0 fully saturated rings. The Labute approximate surface area is 97.6 Å².